The van der Waals surface area contributed by atoms with Gasteiger partial charge in [-0.05, 0) is 31.2 Å². The average Bonchev–Trinajstić information content (AvgIpc) is 2.86. The van der Waals surface area contributed by atoms with Crippen LogP contribution in [0.4, 0.5) is 38.5 Å². The molecule has 1 aliphatic rings. The van der Waals surface area contributed by atoms with E-state index in [-0.39, 0.29) is 29.7 Å². The number of halogens is 5. The van der Waals surface area contributed by atoms with Crippen LogP contribution in [0, 0.1) is 6.92 Å². The van der Waals surface area contributed by atoms with Crippen molar-refractivity contribution in [3.05, 3.63) is 59.3 Å². The van der Waals surface area contributed by atoms with Crippen LogP contribution in [-0.4, -0.2) is 57.1 Å². The molecule has 2 amide bonds. The van der Waals surface area contributed by atoms with Gasteiger partial charge in [0.15, 0.2) is 0 Å². The molecule has 202 valence electrons. The van der Waals surface area contributed by atoms with Gasteiger partial charge in [0.2, 0.25) is 11.8 Å². The summed E-state index contributed by atoms with van der Waals surface area (Å²) >= 11 is 0. The third-order valence-corrected chi connectivity index (χ3v) is 5.59. The number of carbonyl (C=O) groups excluding carboxylic acids is 1. The number of nitrogens with one attached hydrogen (secondary N) is 1. The molecule has 14 heteroatoms. The van der Waals surface area contributed by atoms with Crippen molar-refractivity contribution in [3.63, 3.8) is 0 Å². The Hall–Kier alpha value is -3.91. The molecule has 0 spiro atoms. The minimum absolute atomic E-state index is 0.0177. The van der Waals surface area contributed by atoms with E-state index in [4.69, 9.17) is 9.84 Å². The molecule has 4 rings (SSSR count). The van der Waals surface area contributed by atoms with Crippen molar-refractivity contribution >= 4 is 17.8 Å². The number of benzene rings is 1. The summed E-state index contributed by atoms with van der Waals surface area (Å²) in [6.07, 6.45) is -6.48. The van der Waals surface area contributed by atoms with E-state index < -0.39 is 60.8 Å². The third kappa shape index (κ3) is 5.97. The zero-order chi connectivity index (χ0) is 27.7. The summed E-state index contributed by atoms with van der Waals surface area (Å²) in [6.45, 7) is 0.314. The van der Waals surface area contributed by atoms with Crippen LogP contribution >= 0.6 is 0 Å². The Morgan fingerprint density at radius 3 is 2.66 bits per heavy atom. The smallest absolute Gasteiger partial charge is 0.416 e. The number of amides is 2. The lowest BCUT2D eigenvalue weighted by Gasteiger charge is -2.33. The molecule has 1 aliphatic heterocycles. The van der Waals surface area contributed by atoms with Crippen LogP contribution in [0.25, 0.3) is 11.3 Å². The first kappa shape index (κ1) is 27.1. The molecule has 0 radical (unpaired) electrons. The zero-order valence-electron chi connectivity index (χ0n) is 19.8. The van der Waals surface area contributed by atoms with Gasteiger partial charge in [-0.25, -0.2) is 23.5 Å². The van der Waals surface area contributed by atoms with Crippen molar-refractivity contribution < 1.29 is 41.7 Å². The fourth-order valence-corrected chi connectivity index (χ4v) is 3.71. The first-order valence-corrected chi connectivity index (χ1v) is 11.3. The lowest BCUT2D eigenvalue weighted by molar-refractivity contribution is -0.137. The van der Waals surface area contributed by atoms with Gasteiger partial charge in [0, 0.05) is 30.3 Å². The standard InChI is InChI=1S/C24H22F5N5O4/c1-13-9-19(38-12-16(36)11-35)32-21(30-13)33-22(37)34-8-7-23(25,26)17-5-6-18(31-20(17)34)14-3-2-4-15(10-14)24(27,28)29/h2-6,9-10,16,35-36H,7-8,11-12H2,1H3,(H,30,32,33,37). The number of carbonyl (C=O) groups is 1. The van der Waals surface area contributed by atoms with Crippen LogP contribution in [0.1, 0.15) is 23.2 Å². The number of alkyl halides is 5. The molecular formula is C24H22F5N5O4. The molecule has 9 nitrogen and oxygen atoms in total. The monoisotopic (exact) mass is 539 g/mol. The second kappa shape index (κ2) is 10.5. The number of hydrogen-bond acceptors (Lipinski definition) is 7. The van der Waals surface area contributed by atoms with Gasteiger partial charge in [-0.2, -0.15) is 18.2 Å². The number of anilines is 2. The normalized spacial score (nSPS) is 15.5. The number of fused-ring (bicyclic) bond motifs is 1. The van der Waals surface area contributed by atoms with Crippen LogP contribution in [0.5, 0.6) is 5.88 Å². The molecule has 0 saturated heterocycles. The molecule has 0 aliphatic carbocycles. The Morgan fingerprint density at radius 2 is 1.95 bits per heavy atom. The maximum absolute atomic E-state index is 14.7. The van der Waals surface area contributed by atoms with Gasteiger partial charge in [0.1, 0.15) is 18.5 Å². The van der Waals surface area contributed by atoms with E-state index in [1.54, 1.807) is 6.92 Å². The van der Waals surface area contributed by atoms with E-state index in [1.807, 2.05) is 0 Å². The minimum Gasteiger partial charge on any atom is -0.475 e. The number of nitrogens with zero attached hydrogens (tertiary/aromatic N) is 4. The molecular weight excluding hydrogens is 517 g/mol. The fourth-order valence-electron chi connectivity index (χ4n) is 3.71. The van der Waals surface area contributed by atoms with Crippen LogP contribution < -0.4 is 15.0 Å². The van der Waals surface area contributed by atoms with E-state index in [0.29, 0.717) is 5.69 Å². The second-order valence-corrected chi connectivity index (χ2v) is 8.50. The summed E-state index contributed by atoms with van der Waals surface area (Å²) in [4.78, 5) is 26.2. The molecule has 3 N–H and O–H groups in total. The first-order valence-electron chi connectivity index (χ1n) is 11.3. The summed E-state index contributed by atoms with van der Waals surface area (Å²) in [6, 6.07) is 6.98. The van der Waals surface area contributed by atoms with E-state index in [2.05, 4.69) is 20.3 Å². The van der Waals surface area contributed by atoms with Crippen molar-refractivity contribution in [1.29, 1.82) is 0 Å². The van der Waals surface area contributed by atoms with E-state index in [0.717, 1.165) is 23.1 Å². The first-order chi connectivity index (χ1) is 17.9. The SMILES string of the molecule is Cc1cc(OCC(O)CO)nc(NC(=O)N2CCC(F)(F)c3ccc(-c4cccc(C(F)(F)F)c4)nc32)n1. The average molecular weight is 539 g/mol. The molecule has 38 heavy (non-hydrogen) atoms. The highest BCUT2D eigenvalue weighted by atomic mass is 19.4. The largest absolute Gasteiger partial charge is 0.475 e. The van der Waals surface area contributed by atoms with Gasteiger partial charge in [-0.1, -0.05) is 12.1 Å². The number of aromatic nitrogens is 3. The number of pyridine rings is 1. The number of aliphatic hydroxyl groups excluding tert-OH is 2. The Kier molecular flexibility index (Phi) is 7.47. The van der Waals surface area contributed by atoms with E-state index in [9.17, 15) is 31.9 Å². The van der Waals surface area contributed by atoms with Gasteiger partial charge in [0.05, 0.1) is 23.4 Å². The molecule has 2 aromatic heterocycles. The molecule has 1 aromatic carbocycles. The van der Waals surface area contributed by atoms with Gasteiger partial charge in [-0.15, -0.1) is 0 Å². The Bertz CT molecular complexity index is 1340. The molecule has 1 atom stereocenters. The van der Waals surface area contributed by atoms with Crippen LogP contribution in [0.3, 0.4) is 0 Å². The van der Waals surface area contributed by atoms with Crippen molar-refractivity contribution in [2.45, 2.75) is 31.5 Å². The quantitative estimate of drug-likeness (QED) is 0.403. The minimum atomic E-state index is -4.62. The number of rotatable bonds is 6. The number of hydrogen-bond donors (Lipinski definition) is 3. The molecule has 0 bridgehead atoms. The fraction of sp³-hybridized carbons (Fsp3) is 0.333. The van der Waals surface area contributed by atoms with Gasteiger partial charge in [-0.3, -0.25) is 10.2 Å². The zero-order valence-corrected chi connectivity index (χ0v) is 19.8. The predicted molar refractivity (Wildman–Crippen MR) is 125 cm³/mol. The van der Waals surface area contributed by atoms with Gasteiger partial charge < -0.3 is 14.9 Å². The summed E-state index contributed by atoms with van der Waals surface area (Å²) in [5.41, 5.74) is -1.11. The topological polar surface area (TPSA) is 121 Å². The highest BCUT2D eigenvalue weighted by Gasteiger charge is 2.42. The van der Waals surface area contributed by atoms with Crippen molar-refractivity contribution in [3.8, 4) is 17.1 Å². The number of urea groups is 1. The second-order valence-electron chi connectivity index (χ2n) is 8.50. The molecule has 3 aromatic rings. The third-order valence-electron chi connectivity index (χ3n) is 5.59. The molecule has 0 saturated carbocycles. The summed E-state index contributed by atoms with van der Waals surface area (Å²) < 4.78 is 74.1. The maximum atomic E-state index is 14.7. The Balaban J connectivity index is 1.64. The van der Waals surface area contributed by atoms with Crippen molar-refractivity contribution in [2.24, 2.45) is 0 Å². The Labute approximate surface area is 212 Å². The molecule has 1 unspecified atom stereocenters. The van der Waals surface area contributed by atoms with E-state index in [1.165, 1.54) is 24.3 Å². The Morgan fingerprint density at radius 1 is 1.18 bits per heavy atom. The number of ether oxygens (including phenoxy) is 1. The summed E-state index contributed by atoms with van der Waals surface area (Å²) in [5, 5.41) is 20.7. The highest BCUT2D eigenvalue weighted by Crippen LogP contribution is 2.43. The highest BCUT2D eigenvalue weighted by molar-refractivity contribution is 6.01. The van der Waals surface area contributed by atoms with Crippen LogP contribution in [0.15, 0.2) is 42.5 Å². The number of aliphatic hydroxyl groups is 2. The van der Waals surface area contributed by atoms with Crippen molar-refractivity contribution in [2.75, 3.05) is 30.0 Å². The maximum Gasteiger partial charge on any atom is 0.416 e. The van der Waals surface area contributed by atoms with E-state index >= 15 is 0 Å². The molecule has 0 fully saturated rings. The number of aryl methyl sites for hydroxylation is 1. The van der Waals surface area contributed by atoms with Crippen LogP contribution in [0.2, 0.25) is 0 Å². The van der Waals surface area contributed by atoms with Crippen molar-refractivity contribution in [1.82, 2.24) is 15.0 Å². The summed E-state index contributed by atoms with van der Waals surface area (Å²) in [7, 11) is 0. The van der Waals surface area contributed by atoms with Gasteiger partial charge in [0.25, 0.3) is 5.92 Å². The lowest BCUT2D eigenvalue weighted by Crippen LogP contribution is -2.43. The van der Waals surface area contributed by atoms with Crippen LogP contribution in [-0.2, 0) is 12.1 Å². The van der Waals surface area contributed by atoms with Gasteiger partial charge >= 0.3 is 12.2 Å². The molecule has 3 heterocycles. The lowest BCUT2D eigenvalue weighted by atomic mass is 9.99. The summed E-state index contributed by atoms with van der Waals surface area (Å²) in [5.74, 6) is -3.98. The predicted octanol–water partition coefficient (Wildman–Crippen LogP) is 4.13.